The summed E-state index contributed by atoms with van der Waals surface area (Å²) in [4.78, 5) is 5.03. The molecule has 11 aromatic rings. The molecule has 0 amide bonds. The van der Waals surface area contributed by atoms with Crippen LogP contribution in [0.2, 0.25) is 0 Å². The monoisotopic (exact) mass is 806 g/mol. The minimum absolute atomic E-state index is 0.586. The maximum Gasteiger partial charge on any atom is 0.0736 e. The Balaban J connectivity index is 1.12. The van der Waals surface area contributed by atoms with E-state index in [9.17, 15) is 0 Å². The zero-order chi connectivity index (χ0) is 40.8. The Morgan fingerprint density at radius 2 is 0.919 bits per heavy atom. The Hall–Kier alpha value is -7.59. The van der Waals surface area contributed by atoms with Crippen LogP contribution in [0.4, 0.5) is 17.1 Å². The lowest BCUT2D eigenvalue weighted by Crippen LogP contribution is -2.36. The van der Waals surface area contributed by atoms with Gasteiger partial charge in [0.25, 0.3) is 0 Å². The number of aromatic nitrogens is 1. The van der Waals surface area contributed by atoms with Gasteiger partial charge in [0.15, 0.2) is 0 Å². The lowest BCUT2D eigenvalue weighted by Gasteiger charge is -2.46. The second-order valence-corrected chi connectivity index (χ2v) is 17.5. The van der Waals surface area contributed by atoms with Crippen LogP contribution in [0, 0.1) is 0 Å². The molecule has 2 heterocycles. The molecule has 2 nitrogen and oxygen atoms in total. The molecule has 1 spiro atoms. The van der Waals surface area contributed by atoms with Gasteiger partial charge in [0.05, 0.1) is 16.4 Å². The van der Waals surface area contributed by atoms with Crippen molar-refractivity contribution in [2.45, 2.75) is 15.2 Å². The molecule has 10 aromatic carbocycles. The molecule has 2 aliphatic rings. The van der Waals surface area contributed by atoms with Gasteiger partial charge < -0.3 is 9.47 Å². The second-order valence-electron chi connectivity index (χ2n) is 16.4. The van der Waals surface area contributed by atoms with Gasteiger partial charge in [-0.05, 0) is 122 Å². The minimum atomic E-state index is -0.586. The molecule has 0 bridgehead atoms. The third kappa shape index (κ3) is 5.00. The number of hydrogen-bond acceptors (Lipinski definition) is 2. The van der Waals surface area contributed by atoms with E-state index in [0.29, 0.717) is 0 Å². The fourth-order valence-corrected chi connectivity index (χ4v) is 11.9. The van der Waals surface area contributed by atoms with Crippen molar-refractivity contribution in [3.8, 4) is 27.9 Å². The largest absolute Gasteiger partial charge is 0.310 e. The van der Waals surface area contributed by atoms with E-state index in [2.05, 4.69) is 240 Å². The van der Waals surface area contributed by atoms with Crippen molar-refractivity contribution < 1.29 is 0 Å². The summed E-state index contributed by atoms with van der Waals surface area (Å²) in [5, 5.41) is 5.08. The first-order valence-corrected chi connectivity index (χ1v) is 22.2. The quantitative estimate of drug-likeness (QED) is 0.171. The predicted molar refractivity (Wildman–Crippen MR) is 260 cm³/mol. The lowest BCUT2D eigenvalue weighted by atomic mass is 9.59. The Kier molecular flexibility index (Phi) is 7.79. The van der Waals surface area contributed by atoms with E-state index in [1.54, 1.807) is 0 Å². The summed E-state index contributed by atoms with van der Waals surface area (Å²) in [5.41, 5.74) is 16.5. The van der Waals surface area contributed by atoms with Gasteiger partial charge in [-0.15, -0.1) is 0 Å². The van der Waals surface area contributed by atoms with E-state index in [0.717, 1.165) is 22.7 Å². The Labute approximate surface area is 365 Å². The second kappa shape index (κ2) is 13.7. The molecule has 0 saturated heterocycles. The fraction of sp³-hybridized carbons (Fsp3) is 0.0169. The van der Waals surface area contributed by atoms with Crippen molar-refractivity contribution in [2.24, 2.45) is 0 Å². The van der Waals surface area contributed by atoms with Gasteiger partial charge in [-0.1, -0.05) is 176 Å². The average molecular weight is 807 g/mol. The molecule has 62 heavy (non-hydrogen) atoms. The number of benzene rings is 10. The van der Waals surface area contributed by atoms with Crippen molar-refractivity contribution in [3.05, 3.63) is 253 Å². The van der Waals surface area contributed by atoms with Crippen LogP contribution >= 0.6 is 11.8 Å². The van der Waals surface area contributed by atoms with E-state index < -0.39 is 5.41 Å². The number of para-hydroxylation sites is 3. The molecule has 1 aromatic heterocycles. The Morgan fingerprint density at radius 1 is 0.355 bits per heavy atom. The van der Waals surface area contributed by atoms with Crippen LogP contribution in [-0.2, 0) is 5.41 Å². The number of nitrogens with zero attached hydrogens (tertiary/aromatic N) is 2. The minimum Gasteiger partial charge on any atom is -0.310 e. The molecule has 13 rings (SSSR count). The molecule has 1 aliphatic heterocycles. The predicted octanol–water partition coefficient (Wildman–Crippen LogP) is 15.9. The summed E-state index contributed by atoms with van der Waals surface area (Å²) < 4.78 is 2.41. The summed E-state index contributed by atoms with van der Waals surface area (Å²) in [6.45, 7) is 0. The van der Waals surface area contributed by atoms with E-state index in [4.69, 9.17) is 0 Å². The number of hydrogen-bond donors (Lipinski definition) is 0. The molecule has 0 atom stereocenters. The van der Waals surface area contributed by atoms with Gasteiger partial charge in [0.2, 0.25) is 0 Å². The zero-order valence-corrected chi connectivity index (χ0v) is 34.6. The summed E-state index contributed by atoms with van der Waals surface area (Å²) in [6, 6.07) is 85.5. The molecule has 0 N–H and O–H groups in total. The highest BCUT2D eigenvalue weighted by Gasteiger charge is 2.49. The fourth-order valence-electron chi connectivity index (χ4n) is 10.7. The number of fused-ring (bicyclic) bond motifs is 11. The molecule has 0 unspecified atom stereocenters. The normalized spacial score (nSPS) is 13.2. The first kappa shape index (κ1) is 35.2. The highest BCUT2D eigenvalue weighted by atomic mass is 32.2. The van der Waals surface area contributed by atoms with Crippen molar-refractivity contribution >= 4 is 61.4 Å². The molecule has 0 fully saturated rings. The molecule has 3 heteroatoms. The van der Waals surface area contributed by atoms with Gasteiger partial charge in [0.1, 0.15) is 0 Å². The van der Waals surface area contributed by atoms with Crippen molar-refractivity contribution in [2.75, 3.05) is 4.90 Å². The first-order chi connectivity index (χ1) is 30.8. The van der Waals surface area contributed by atoms with E-state index in [1.807, 2.05) is 11.8 Å². The zero-order valence-electron chi connectivity index (χ0n) is 33.7. The van der Waals surface area contributed by atoms with Crippen molar-refractivity contribution in [1.82, 2.24) is 4.57 Å². The molecular formula is C59H38N2S. The maximum absolute atomic E-state index is 2.51. The molecular weight excluding hydrogens is 769 g/mol. The van der Waals surface area contributed by atoms with Crippen LogP contribution in [-0.4, -0.2) is 4.57 Å². The van der Waals surface area contributed by atoms with Gasteiger partial charge in [-0.3, -0.25) is 0 Å². The van der Waals surface area contributed by atoms with E-state index in [1.165, 1.54) is 86.9 Å². The molecule has 290 valence electrons. The molecule has 0 radical (unpaired) electrons. The van der Waals surface area contributed by atoms with Crippen LogP contribution in [0.3, 0.4) is 0 Å². The van der Waals surface area contributed by atoms with Crippen LogP contribution in [0.1, 0.15) is 22.3 Å². The topological polar surface area (TPSA) is 8.17 Å². The average Bonchev–Trinajstić information content (AvgIpc) is 3.67. The number of rotatable bonds is 5. The van der Waals surface area contributed by atoms with Crippen molar-refractivity contribution in [3.63, 3.8) is 0 Å². The Bertz CT molecular complexity index is 3510. The smallest absolute Gasteiger partial charge is 0.0736 e. The summed E-state index contributed by atoms with van der Waals surface area (Å²) in [7, 11) is 0. The van der Waals surface area contributed by atoms with Gasteiger partial charge >= 0.3 is 0 Å². The highest BCUT2D eigenvalue weighted by molar-refractivity contribution is 7.99. The SMILES string of the molecule is c1ccc(-c2ccc3c4c(cccc24)C2(c4ccccc4Sc4ccccc42)c2cc(N(c4ccccc4)c4ccc5c6ccccc6n(-c6ccccc6)c5c4)ccc2-3)cc1. The van der Waals surface area contributed by atoms with E-state index in [-0.39, 0.29) is 0 Å². The summed E-state index contributed by atoms with van der Waals surface area (Å²) in [5.74, 6) is 0. The molecule has 1 aliphatic carbocycles. The highest BCUT2D eigenvalue weighted by Crippen LogP contribution is 2.62. The standard InChI is InChI=1S/C59H38N2S/c1-4-17-39(18-5-1)44-35-36-49-45-33-31-42(37-53(45)59(52-27-16-24-48(44)58(49)52)50-25-11-14-29-56(50)62-57-30-15-12-26-51(57)59)60(40-19-6-2-7-20-40)43-32-34-47-46-23-10-13-28-54(46)61(55(47)38-43)41-21-8-3-9-22-41/h1-38H. The van der Waals surface area contributed by atoms with E-state index >= 15 is 0 Å². The molecule has 0 saturated carbocycles. The van der Waals surface area contributed by atoms with Gasteiger partial charge in [-0.25, -0.2) is 0 Å². The maximum atomic E-state index is 2.51. The lowest BCUT2D eigenvalue weighted by molar-refractivity contribution is 0.707. The van der Waals surface area contributed by atoms with Crippen LogP contribution in [0.15, 0.2) is 240 Å². The summed E-state index contributed by atoms with van der Waals surface area (Å²) in [6.07, 6.45) is 0. The van der Waals surface area contributed by atoms with Gasteiger partial charge in [0, 0.05) is 43.3 Å². The third-order valence-corrected chi connectivity index (χ3v) is 14.4. The number of anilines is 3. The van der Waals surface area contributed by atoms with Gasteiger partial charge in [-0.2, -0.15) is 0 Å². The van der Waals surface area contributed by atoms with Crippen LogP contribution in [0.25, 0.3) is 60.5 Å². The van der Waals surface area contributed by atoms with Crippen molar-refractivity contribution in [1.29, 1.82) is 0 Å². The first-order valence-electron chi connectivity index (χ1n) is 21.3. The van der Waals surface area contributed by atoms with Crippen LogP contribution < -0.4 is 4.90 Å². The third-order valence-electron chi connectivity index (χ3n) is 13.2. The summed E-state index contributed by atoms with van der Waals surface area (Å²) >= 11 is 1.89. The Morgan fingerprint density at radius 3 is 1.69 bits per heavy atom. The van der Waals surface area contributed by atoms with Crippen LogP contribution in [0.5, 0.6) is 0 Å².